The Hall–Kier alpha value is -1.77. The van der Waals surface area contributed by atoms with Crippen LogP contribution in [0.25, 0.3) is 0 Å². The van der Waals surface area contributed by atoms with Crippen LogP contribution in [0.15, 0.2) is 24.3 Å². The topological polar surface area (TPSA) is 62.8 Å². The molecule has 2 N–H and O–H groups in total. The molecule has 6 nitrogen and oxygen atoms in total. The van der Waals surface area contributed by atoms with Gasteiger partial charge in [0.15, 0.2) is 0 Å². The molecule has 0 spiro atoms. The second-order valence-corrected chi connectivity index (χ2v) is 10.8. The second-order valence-electron chi connectivity index (χ2n) is 10.8. The van der Waals surface area contributed by atoms with Crippen molar-refractivity contribution in [3.63, 3.8) is 0 Å². The SMILES string of the molecule is CCOCCCOC(c1cccc(C)c1)[C@@H]1CCCN(C(=O)N[C@H](CNC)CC2CCC(F)(F)CC2)C1. The van der Waals surface area contributed by atoms with Gasteiger partial charge in [-0.05, 0) is 70.9 Å². The Bertz CT molecular complexity index is 815. The molecule has 1 aromatic rings. The first-order valence-corrected chi connectivity index (χ1v) is 14.1. The van der Waals surface area contributed by atoms with Crippen molar-refractivity contribution in [1.82, 2.24) is 15.5 Å². The lowest BCUT2D eigenvalue weighted by atomic mass is 9.83. The molecule has 0 radical (unpaired) electrons. The minimum Gasteiger partial charge on any atom is -0.382 e. The molecule has 0 aromatic heterocycles. The minimum atomic E-state index is -2.53. The van der Waals surface area contributed by atoms with Crippen molar-refractivity contribution >= 4 is 6.03 Å². The van der Waals surface area contributed by atoms with Crippen molar-refractivity contribution in [2.75, 3.05) is 46.5 Å². The molecule has 1 saturated heterocycles. The zero-order valence-electron chi connectivity index (χ0n) is 22.9. The van der Waals surface area contributed by atoms with Crippen molar-refractivity contribution in [1.29, 1.82) is 0 Å². The van der Waals surface area contributed by atoms with Gasteiger partial charge in [0.05, 0.1) is 6.10 Å². The van der Waals surface area contributed by atoms with Crippen molar-refractivity contribution in [3.05, 3.63) is 35.4 Å². The van der Waals surface area contributed by atoms with Gasteiger partial charge in [-0.3, -0.25) is 0 Å². The van der Waals surface area contributed by atoms with Crippen LogP contribution in [0.5, 0.6) is 0 Å². The number of nitrogens with one attached hydrogen (secondary N) is 2. The van der Waals surface area contributed by atoms with Gasteiger partial charge in [0.25, 0.3) is 0 Å². The number of benzene rings is 1. The fourth-order valence-electron chi connectivity index (χ4n) is 5.75. The van der Waals surface area contributed by atoms with E-state index in [2.05, 4.69) is 41.8 Å². The van der Waals surface area contributed by atoms with Crippen LogP contribution >= 0.6 is 0 Å². The van der Waals surface area contributed by atoms with Gasteiger partial charge < -0.3 is 25.0 Å². The number of alkyl halides is 2. The van der Waals surface area contributed by atoms with E-state index in [9.17, 15) is 13.6 Å². The number of amides is 2. The summed E-state index contributed by atoms with van der Waals surface area (Å²) >= 11 is 0. The quantitative estimate of drug-likeness (QED) is 0.326. The summed E-state index contributed by atoms with van der Waals surface area (Å²) in [5.74, 6) is -2.10. The number of likely N-dealkylation sites (tertiary alicyclic amines) is 1. The average molecular weight is 524 g/mol. The molecule has 210 valence electrons. The lowest BCUT2D eigenvalue weighted by molar-refractivity contribution is -0.0473. The van der Waals surface area contributed by atoms with E-state index < -0.39 is 5.92 Å². The third kappa shape index (κ3) is 9.80. The molecule has 0 bridgehead atoms. The minimum absolute atomic E-state index is 0.0450. The molecule has 1 aromatic carbocycles. The summed E-state index contributed by atoms with van der Waals surface area (Å²) in [6, 6.07) is 8.32. The van der Waals surface area contributed by atoms with Gasteiger partial charge in [0.2, 0.25) is 5.92 Å². The predicted molar refractivity (Wildman–Crippen MR) is 143 cm³/mol. The molecule has 2 fully saturated rings. The number of ether oxygens (including phenoxy) is 2. The summed E-state index contributed by atoms with van der Waals surface area (Å²) < 4.78 is 39.1. The van der Waals surface area contributed by atoms with E-state index in [1.54, 1.807) is 0 Å². The number of carbonyl (C=O) groups is 1. The van der Waals surface area contributed by atoms with E-state index in [4.69, 9.17) is 9.47 Å². The van der Waals surface area contributed by atoms with Gasteiger partial charge in [-0.1, -0.05) is 29.8 Å². The van der Waals surface area contributed by atoms with E-state index in [1.807, 2.05) is 18.9 Å². The molecule has 8 heteroatoms. The smallest absolute Gasteiger partial charge is 0.317 e. The largest absolute Gasteiger partial charge is 0.382 e. The van der Waals surface area contributed by atoms with Crippen LogP contribution in [-0.2, 0) is 9.47 Å². The highest BCUT2D eigenvalue weighted by atomic mass is 19.3. The third-order valence-corrected chi connectivity index (χ3v) is 7.71. The van der Waals surface area contributed by atoms with E-state index in [1.165, 1.54) is 5.56 Å². The number of likely N-dealkylation sites (N-methyl/N-ethyl adjacent to an activating group) is 1. The highest BCUT2D eigenvalue weighted by Crippen LogP contribution is 2.38. The molecule has 3 rings (SSSR count). The fraction of sp³-hybridized carbons (Fsp3) is 0.759. The van der Waals surface area contributed by atoms with Crippen LogP contribution in [0.4, 0.5) is 13.6 Å². The highest BCUT2D eigenvalue weighted by molar-refractivity contribution is 5.74. The Morgan fingerprint density at radius 2 is 2.00 bits per heavy atom. The average Bonchev–Trinajstić information content (AvgIpc) is 2.87. The standard InChI is InChI=1S/C29H47F2N3O3/c1-4-36-16-7-17-37-27(24-9-5-8-22(2)18-24)25-10-6-15-34(21-25)28(35)33-26(20-32-3)19-23-11-13-29(30,31)14-12-23/h5,8-9,18,23,25-27,32H,4,6-7,10-17,19-21H2,1-3H3,(H,33,35)/t25-,26+,27?/m1/s1. The third-order valence-electron chi connectivity index (χ3n) is 7.71. The second kappa shape index (κ2) is 15.0. The molecular formula is C29H47F2N3O3. The Balaban J connectivity index is 1.60. The number of rotatable bonds is 13. The van der Waals surface area contributed by atoms with Crippen LogP contribution in [-0.4, -0.2) is 69.4 Å². The zero-order valence-corrected chi connectivity index (χ0v) is 22.9. The molecule has 2 amide bonds. The maximum Gasteiger partial charge on any atom is 0.317 e. The monoisotopic (exact) mass is 523 g/mol. The molecule has 1 aliphatic carbocycles. The van der Waals surface area contributed by atoms with Crippen molar-refractivity contribution in [2.45, 2.75) is 83.3 Å². The van der Waals surface area contributed by atoms with E-state index in [0.29, 0.717) is 45.8 Å². The van der Waals surface area contributed by atoms with E-state index in [0.717, 1.165) is 37.8 Å². The Morgan fingerprint density at radius 1 is 1.22 bits per heavy atom. The van der Waals surface area contributed by atoms with Gasteiger partial charge in [0, 0.05) is 64.3 Å². The molecule has 1 heterocycles. The summed E-state index contributed by atoms with van der Waals surface area (Å²) in [5, 5.41) is 6.37. The van der Waals surface area contributed by atoms with Gasteiger partial charge in [0.1, 0.15) is 0 Å². The van der Waals surface area contributed by atoms with Crippen LogP contribution in [0.3, 0.4) is 0 Å². The first-order chi connectivity index (χ1) is 17.8. The van der Waals surface area contributed by atoms with Crippen LogP contribution < -0.4 is 10.6 Å². The van der Waals surface area contributed by atoms with Crippen molar-refractivity contribution in [3.8, 4) is 0 Å². The number of piperidine rings is 1. The maximum absolute atomic E-state index is 13.6. The summed E-state index contributed by atoms with van der Waals surface area (Å²) in [5.41, 5.74) is 2.35. The zero-order chi connectivity index (χ0) is 26.7. The molecule has 1 unspecified atom stereocenters. The van der Waals surface area contributed by atoms with Crippen molar-refractivity contribution in [2.24, 2.45) is 11.8 Å². The molecule has 1 aliphatic heterocycles. The number of hydrogen-bond acceptors (Lipinski definition) is 4. The van der Waals surface area contributed by atoms with Crippen molar-refractivity contribution < 1.29 is 23.0 Å². The lowest BCUT2D eigenvalue weighted by Gasteiger charge is -2.38. The summed E-state index contributed by atoms with van der Waals surface area (Å²) in [6.45, 7) is 8.07. The first-order valence-electron chi connectivity index (χ1n) is 14.1. The predicted octanol–water partition coefficient (Wildman–Crippen LogP) is 5.70. The van der Waals surface area contributed by atoms with Gasteiger partial charge in [-0.25, -0.2) is 13.6 Å². The summed E-state index contributed by atoms with van der Waals surface area (Å²) in [7, 11) is 1.86. The van der Waals surface area contributed by atoms with Gasteiger partial charge in [-0.2, -0.15) is 0 Å². The molecule has 1 saturated carbocycles. The number of nitrogens with zero attached hydrogens (tertiary/aromatic N) is 1. The highest BCUT2D eigenvalue weighted by Gasteiger charge is 2.36. The number of hydrogen-bond donors (Lipinski definition) is 2. The van der Waals surface area contributed by atoms with Gasteiger partial charge >= 0.3 is 6.03 Å². The maximum atomic E-state index is 13.6. The van der Waals surface area contributed by atoms with Gasteiger partial charge in [-0.15, -0.1) is 0 Å². The fourth-order valence-corrected chi connectivity index (χ4v) is 5.75. The number of urea groups is 1. The van der Waals surface area contributed by atoms with Crippen LogP contribution in [0.2, 0.25) is 0 Å². The van der Waals surface area contributed by atoms with E-state index in [-0.39, 0.29) is 42.9 Å². The first kappa shape index (κ1) is 29.8. The van der Waals surface area contributed by atoms with Crippen LogP contribution in [0, 0.1) is 18.8 Å². The Labute approximate surface area is 221 Å². The molecule has 2 aliphatic rings. The van der Waals surface area contributed by atoms with Crippen LogP contribution in [0.1, 0.15) is 75.5 Å². The molecular weight excluding hydrogens is 476 g/mol. The summed E-state index contributed by atoms with van der Waals surface area (Å²) in [4.78, 5) is 15.2. The lowest BCUT2D eigenvalue weighted by Crippen LogP contribution is -2.52. The normalized spacial score (nSPS) is 22.0. The molecule has 3 atom stereocenters. The Kier molecular flexibility index (Phi) is 12.1. The number of carbonyl (C=O) groups excluding carboxylic acids is 1. The number of aryl methyl sites for hydroxylation is 1. The Morgan fingerprint density at radius 3 is 2.70 bits per heavy atom. The molecule has 37 heavy (non-hydrogen) atoms. The van der Waals surface area contributed by atoms with E-state index >= 15 is 0 Å². The summed E-state index contributed by atoms with van der Waals surface area (Å²) in [6.07, 6.45) is 4.38. The number of halogens is 2.